The first-order valence-electron chi connectivity index (χ1n) is 6.43. The van der Waals surface area contributed by atoms with Crippen LogP contribution in [0.15, 0.2) is 24.4 Å². The minimum atomic E-state index is -1.04. The van der Waals surface area contributed by atoms with Crippen molar-refractivity contribution in [1.82, 2.24) is 9.78 Å². The van der Waals surface area contributed by atoms with Gasteiger partial charge in [-0.1, -0.05) is 0 Å². The van der Waals surface area contributed by atoms with E-state index in [1.807, 2.05) is 0 Å². The molecule has 0 aliphatic rings. The summed E-state index contributed by atoms with van der Waals surface area (Å²) < 4.78 is 20.3. The van der Waals surface area contributed by atoms with Gasteiger partial charge in [0.05, 0.1) is 25.0 Å². The molecule has 0 atom stereocenters. The van der Waals surface area contributed by atoms with Gasteiger partial charge in [-0.15, -0.1) is 0 Å². The highest BCUT2D eigenvalue weighted by molar-refractivity contribution is 5.88. The third-order valence-corrected chi connectivity index (χ3v) is 2.98. The molecule has 0 saturated heterocycles. The molecule has 2 N–H and O–H groups in total. The smallest absolute Gasteiger partial charge is 0.339 e. The van der Waals surface area contributed by atoms with Crippen molar-refractivity contribution in [1.29, 1.82) is 0 Å². The Morgan fingerprint density at radius 1 is 1.52 bits per heavy atom. The van der Waals surface area contributed by atoms with E-state index in [0.717, 1.165) is 0 Å². The van der Waals surface area contributed by atoms with E-state index in [1.54, 1.807) is 20.0 Å². The van der Waals surface area contributed by atoms with E-state index >= 15 is 0 Å². The van der Waals surface area contributed by atoms with Gasteiger partial charge in [0.25, 0.3) is 0 Å². The molecule has 2 aromatic rings. The zero-order valence-corrected chi connectivity index (χ0v) is 11.8. The number of nitrogens with zero attached hydrogens (tertiary/aromatic N) is 2. The Morgan fingerprint density at radius 2 is 2.29 bits per heavy atom. The molecule has 0 amide bonds. The van der Waals surface area contributed by atoms with Crippen LogP contribution in [-0.4, -0.2) is 27.5 Å². The summed E-state index contributed by atoms with van der Waals surface area (Å²) in [6, 6.07) is 4.51. The van der Waals surface area contributed by atoms with Crippen molar-refractivity contribution in [3.05, 3.63) is 41.5 Å². The number of aromatic nitrogens is 2. The number of ether oxygens (including phenoxy) is 1. The normalized spacial score (nSPS) is 10.4. The molecular weight excluding hydrogens is 277 g/mol. The van der Waals surface area contributed by atoms with Gasteiger partial charge in [0.1, 0.15) is 5.56 Å². The number of hydrogen-bond donors (Lipinski definition) is 2. The summed E-state index contributed by atoms with van der Waals surface area (Å²) in [7, 11) is 1.65. The summed E-state index contributed by atoms with van der Waals surface area (Å²) in [4.78, 5) is 11.1. The monoisotopic (exact) mass is 293 g/mol. The largest absolute Gasteiger partial charge is 0.491 e. The Balaban J connectivity index is 2.12. The SMILES string of the molecule is CCOc1ccc(NCc2c(C(=O)O)cnn2C)cc1F. The molecule has 7 heteroatoms. The van der Waals surface area contributed by atoms with Gasteiger partial charge in [-0.3, -0.25) is 4.68 Å². The van der Waals surface area contributed by atoms with Crippen LogP contribution in [0.3, 0.4) is 0 Å². The van der Waals surface area contributed by atoms with E-state index in [2.05, 4.69) is 10.4 Å². The van der Waals surface area contributed by atoms with Gasteiger partial charge in [0.2, 0.25) is 0 Å². The number of carboxylic acids is 1. The number of nitrogens with one attached hydrogen (secondary N) is 1. The second-order valence-electron chi connectivity index (χ2n) is 4.37. The van der Waals surface area contributed by atoms with Crippen LogP contribution in [0.2, 0.25) is 0 Å². The number of aryl methyl sites for hydroxylation is 1. The Hall–Kier alpha value is -2.57. The van der Waals surface area contributed by atoms with E-state index in [-0.39, 0.29) is 17.9 Å². The molecule has 1 aromatic carbocycles. The van der Waals surface area contributed by atoms with Crippen LogP contribution in [0.25, 0.3) is 0 Å². The quantitative estimate of drug-likeness (QED) is 0.854. The van der Waals surface area contributed by atoms with Gasteiger partial charge >= 0.3 is 5.97 Å². The van der Waals surface area contributed by atoms with Gasteiger partial charge < -0.3 is 15.2 Å². The molecule has 2 rings (SSSR count). The fraction of sp³-hybridized carbons (Fsp3) is 0.286. The van der Waals surface area contributed by atoms with Crippen LogP contribution in [-0.2, 0) is 13.6 Å². The molecule has 0 unspecified atom stereocenters. The van der Waals surface area contributed by atoms with Crippen molar-refractivity contribution in [2.45, 2.75) is 13.5 Å². The first-order chi connectivity index (χ1) is 10.0. The summed E-state index contributed by atoms with van der Waals surface area (Å²) in [6.45, 7) is 2.40. The highest BCUT2D eigenvalue weighted by Crippen LogP contribution is 2.21. The zero-order valence-electron chi connectivity index (χ0n) is 11.8. The molecule has 112 valence electrons. The zero-order chi connectivity index (χ0) is 15.4. The van der Waals surface area contributed by atoms with Crippen molar-refractivity contribution >= 4 is 11.7 Å². The number of carbonyl (C=O) groups is 1. The summed E-state index contributed by atoms with van der Waals surface area (Å²) in [6.07, 6.45) is 1.29. The number of benzene rings is 1. The third-order valence-electron chi connectivity index (χ3n) is 2.98. The summed E-state index contributed by atoms with van der Waals surface area (Å²) in [5.41, 5.74) is 1.17. The number of hydrogen-bond acceptors (Lipinski definition) is 4. The van der Waals surface area contributed by atoms with Crippen LogP contribution in [0, 0.1) is 5.82 Å². The average molecular weight is 293 g/mol. The van der Waals surface area contributed by atoms with E-state index in [0.29, 0.717) is 18.0 Å². The van der Waals surface area contributed by atoms with Gasteiger partial charge in [0, 0.05) is 18.8 Å². The maximum Gasteiger partial charge on any atom is 0.339 e. The summed E-state index contributed by atoms with van der Waals surface area (Å²) in [5.74, 6) is -1.32. The molecule has 21 heavy (non-hydrogen) atoms. The predicted octanol–water partition coefficient (Wildman–Crippen LogP) is 2.27. The fourth-order valence-corrected chi connectivity index (χ4v) is 1.92. The number of aromatic carboxylic acids is 1. The van der Waals surface area contributed by atoms with E-state index < -0.39 is 11.8 Å². The molecule has 0 bridgehead atoms. The minimum Gasteiger partial charge on any atom is -0.491 e. The lowest BCUT2D eigenvalue weighted by Gasteiger charge is -2.10. The number of anilines is 1. The molecule has 0 spiro atoms. The number of carboxylic acid groups (broad SMARTS) is 1. The van der Waals surface area contributed by atoms with Crippen LogP contribution in [0.4, 0.5) is 10.1 Å². The first kappa shape index (κ1) is 14.8. The topological polar surface area (TPSA) is 76.4 Å². The lowest BCUT2D eigenvalue weighted by atomic mass is 10.2. The maximum absolute atomic E-state index is 13.7. The summed E-state index contributed by atoms with van der Waals surface area (Å²) >= 11 is 0. The first-order valence-corrected chi connectivity index (χ1v) is 6.43. The predicted molar refractivity (Wildman–Crippen MR) is 75.1 cm³/mol. The molecule has 1 aromatic heterocycles. The highest BCUT2D eigenvalue weighted by atomic mass is 19.1. The van der Waals surface area contributed by atoms with Crippen molar-refractivity contribution in [3.8, 4) is 5.75 Å². The van der Waals surface area contributed by atoms with Gasteiger partial charge in [-0.25, -0.2) is 9.18 Å². The molecule has 0 aliphatic carbocycles. The van der Waals surface area contributed by atoms with Crippen LogP contribution in [0.5, 0.6) is 5.75 Å². The van der Waals surface area contributed by atoms with E-state index in [4.69, 9.17) is 9.84 Å². The summed E-state index contributed by atoms with van der Waals surface area (Å²) in [5, 5.41) is 15.9. The molecule has 6 nitrogen and oxygen atoms in total. The second kappa shape index (κ2) is 6.25. The highest BCUT2D eigenvalue weighted by Gasteiger charge is 2.14. The Morgan fingerprint density at radius 3 is 2.90 bits per heavy atom. The molecule has 0 radical (unpaired) electrons. The van der Waals surface area contributed by atoms with Gasteiger partial charge in [0.15, 0.2) is 11.6 Å². The fourth-order valence-electron chi connectivity index (χ4n) is 1.92. The minimum absolute atomic E-state index is 0.122. The lowest BCUT2D eigenvalue weighted by Crippen LogP contribution is -2.10. The van der Waals surface area contributed by atoms with Crippen molar-refractivity contribution < 1.29 is 19.0 Å². The number of halogens is 1. The van der Waals surface area contributed by atoms with Crippen molar-refractivity contribution in [3.63, 3.8) is 0 Å². The second-order valence-corrected chi connectivity index (χ2v) is 4.37. The molecule has 1 heterocycles. The van der Waals surface area contributed by atoms with Gasteiger partial charge in [-0.05, 0) is 19.1 Å². The van der Waals surface area contributed by atoms with E-state index in [9.17, 15) is 9.18 Å². The van der Waals surface area contributed by atoms with Crippen LogP contribution < -0.4 is 10.1 Å². The Labute approximate surface area is 121 Å². The Kier molecular flexibility index (Phi) is 4.42. The third kappa shape index (κ3) is 3.31. The average Bonchev–Trinajstić information content (AvgIpc) is 2.81. The maximum atomic E-state index is 13.7. The molecule has 0 saturated carbocycles. The number of rotatable bonds is 6. The van der Waals surface area contributed by atoms with Gasteiger partial charge in [-0.2, -0.15) is 5.10 Å². The Bertz CT molecular complexity index is 655. The van der Waals surface area contributed by atoms with Crippen LogP contribution in [0.1, 0.15) is 23.0 Å². The molecular formula is C14H16FN3O3. The lowest BCUT2D eigenvalue weighted by molar-refractivity contribution is 0.0695. The van der Waals surface area contributed by atoms with Crippen molar-refractivity contribution in [2.24, 2.45) is 7.05 Å². The molecule has 0 aliphatic heterocycles. The standard InChI is InChI=1S/C14H16FN3O3/c1-3-21-13-5-4-9(6-11(13)15)16-8-12-10(14(19)20)7-17-18(12)2/h4-7,16H,3,8H2,1-2H3,(H,19,20). The van der Waals surface area contributed by atoms with Crippen molar-refractivity contribution in [2.75, 3.05) is 11.9 Å². The molecule has 0 fully saturated rings. The van der Waals surface area contributed by atoms with E-state index in [1.165, 1.54) is 23.0 Å². The van der Waals surface area contributed by atoms with Crippen LogP contribution >= 0.6 is 0 Å².